The lowest BCUT2D eigenvalue weighted by Gasteiger charge is -2.32. The average Bonchev–Trinajstić information content (AvgIpc) is 2.72. The normalized spacial score (nSPS) is 21.2. The van der Waals surface area contributed by atoms with Crippen molar-refractivity contribution in [3.8, 4) is 0 Å². The molecular weight excluding hydrogens is 168 g/mol. The fourth-order valence-electron chi connectivity index (χ4n) is 1.70. The van der Waals surface area contributed by atoms with Gasteiger partial charge in [-0.15, -0.1) is 0 Å². The lowest BCUT2D eigenvalue weighted by Crippen LogP contribution is -2.45. The Balaban J connectivity index is 2.28. The highest BCUT2D eigenvalue weighted by atomic mass is 16.1. The number of piperidine rings is 1. The zero-order valence-corrected chi connectivity index (χ0v) is 7.31. The Morgan fingerprint density at radius 3 is 2.77 bits per heavy atom. The molecule has 0 amide bonds. The minimum atomic E-state index is -0.457. The second-order valence-corrected chi connectivity index (χ2v) is 3.31. The van der Waals surface area contributed by atoms with E-state index < -0.39 is 5.54 Å². The summed E-state index contributed by atoms with van der Waals surface area (Å²) in [5.74, 6) is 0. The monoisotopic (exact) mass is 180 g/mol. The number of carbonyl (C=O) groups excluding carboxylic acids is 1. The topological polar surface area (TPSA) is 59.8 Å². The molecule has 5 heteroatoms. The van der Waals surface area contributed by atoms with Gasteiger partial charge in [-0.25, -0.2) is 9.67 Å². The van der Waals surface area contributed by atoms with Gasteiger partial charge in [0, 0.05) is 0 Å². The van der Waals surface area contributed by atoms with Crippen LogP contribution < -0.4 is 5.32 Å². The summed E-state index contributed by atoms with van der Waals surface area (Å²) in [5, 5.41) is 7.24. The van der Waals surface area contributed by atoms with Gasteiger partial charge in [-0.3, -0.25) is 0 Å². The van der Waals surface area contributed by atoms with Gasteiger partial charge < -0.3 is 10.1 Å². The molecule has 1 aromatic rings. The Morgan fingerprint density at radius 1 is 1.46 bits per heavy atom. The standard InChI is InChI=1S/C8H12N4O/c13-5-8(1-3-9-4-2-8)12-7-10-6-11-12/h5-7,9H,1-4H2. The molecule has 2 rings (SSSR count). The van der Waals surface area contributed by atoms with Crippen LogP contribution in [0.2, 0.25) is 0 Å². The molecule has 0 spiro atoms. The molecular formula is C8H12N4O. The van der Waals surface area contributed by atoms with Crippen LogP contribution in [0.3, 0.4) is 0 Å². The first-order valence-corrected chi connectivity index (χ1v) is 4.39. The maximum Gasteiger partial charge on any atom is 0.147 e. The van der Waals surface area contributed by atoms with Gasteiger partial charge >= 0.3 is 0 Å². The second-order valence-electron chi connectivity index (χ2n) is 3.31. The quantitative estimate of drug-likeness (QED) is 0.626. The van der Waals surface area contributed by atoms with E-state index in [1.165, 1.54) is 6.33 Å². The molecule has 0 unspecified atom stereocenters. The van der Waals surface area contributed by atoms with Crippen LogP contribution in [0.25, 0.3) is 0 Å². The number of hydrogen-bond donors (Lipinski definition) is 1. The molecule has 1 aromatic heterocycles. The summed E-state index contributed by atoms with van der Waals surface area (Å²) in [6.07, 6.45) is 5.65. The minimum Gasteiger partial charge on any atom is -0.317 e. The molecule has 2 heterocycles. The Labute approximate surface area is 76.2 Å². The third-order valence-electron chi connectivity index (χ3n) is 2.56. The molecule has 70 valence electrons. The third-order valence-corrected chi connectivity index (χ3v) is 2.56. The Kier molecular flexibility index (Phi) is 2.10. The predicted octanol–water partition coefficient (Wildman–Crippen LogP) is -0.444. The summed E-state index contributed by atoms with van der Waals surface area (Å²) in [6, 6.07) is 0. The van der Waals surface area contributed by atoms with Crippen molar-refractivity contribution in [3.63, 3.8) is 0 Å². The lowest BCUT2D eigenvalue weighted by molar-refractivity contribution is -0.117. The van der Waals surface area contributed by atoms with Gasteiger partial charge in [0.15, 0.2) is 0 Å². The van der Waals surface area contributed by atoms with Crippen molar-refractivity contribution < 1.29 is 4.79 Å². The predicted molar refractivity (Wildman–Crippen MR) is 46.2 cm³/mol. The minimum absolute atomic E-state index is 0.457. The molecule has 0 aromatic carbocycles. The summed E-state index contributed by atoms with van der Waals surface area (Å²) >= 11 is 0. The Bertz CT molecular complexity index is 276. The highest BCUT2D eigenvalue weighted by molar-refractivity contribution is 5.61. The van der Waals surface area contributed by atoms with Crippen LogP contribution in [0.4, 0.5) is 0 Å². The first-order chi connectivity index (χ1) is 6.37. The number of rotatable bonds is 2. The van der Waals surface area contributed by atoms with Crippen molar-refractivity contribution in [2.45, 2.75) is 18.4 Å². The molecule has 0 radical (unpaired) electrons. The van der Waals surface area contributed by atoms with Gasteiger partial charge in [0.05, 0.1) is 0 Å². The second kappa shape index (κ2) is 3.26. The number of hydrogen-bond acceptors (Lipinski definition) is 4. The van der Waals surface area contributed by atoms with Gasteiger partial charge in [-0.05, 0) is 25.9 Å². The Morgan fingerprint density at radius 2 is 2.23 bits per heavy atom. The highest BCUT2D eigenvalue weighted by Gasteiger charge is 2.34. The molecule has 13 heavy (non-hydrogen) atoms. The number of nitrogens with one attached hydrogen (secondary N) is 1. The van der Waals surface area contributed by atoms with E-state index in [2.05, 4.69) is 15.4 Å². The Hall–Kier alpha value is -1.23. The van der Waals surface area contributed by atoms with Crippen LogP contribution in [0.5, 0.6) is 0 Å². The van der Waals surface area contributed by atoms with Crippen LogP contribution >= 0.6 is 0 Å². The van der Waals surface area contributed by atoms with Crippen molar-refractivity contribution in [1.82, 2.24) is 20.1 Å². The summed E-state index contributed by atoms with van der Waals surface area (Å²) in [7, 11) is 0. The number of nitrogens with zero attached hydrogens (tertiary/aromatic N) is 3. The maximum atomic E-state index is 11.1. The van der Waals surface area contributed by atoms with Crippen molar-refractivity contribution in [1.29, 1.82) is 0 Å². The van der Waals surface area contributed by atoms with Crippen LogP contribution in [0.1, 0.15) is 12.8 Å². The van der Waals surface area contributed by atoms with Crippen molar-refractivity contribution in [2.24, 2.45) is 0 Å². The number of carbonyl (C=O) groups is 1. The lowest BCUT2D eigenvalue weighted by atomic mass is 9.90. The molecule has 1 N–H and O–H groups in total. The molecule has 1 aliphatic rings. The first kappa shape index (κ1) is 8.37. The number of aromatic nitrogens is 3. The van der Waals surface area contributed by atoms with Gasteiger partial charge in [0.2, 0.25) is 0 Å². The first-order valence-electron chi connectivity index (χ1n) is 4.39. The van der Waals surface area contributed by atoms with Crippen molar-refractivity contribution in [2.75, 3.05) is 13.1 Å². The van der Waals surface area contributed by atoms with E-state index in [9.17, 15) is 4.79 Å². The molecule has 0 saturated carbocycles. The van der Waals surface area contributed by atoms with Crippen molar-refractivity contribution >= 4 is 6.29 Å². The third kappa shape index (κ3) is 1.35. The van der Waals surface area contributed by atoms with Crippen molar-refractivity contribution in [3.05, 3.63) is 12.7 Å². The van der Waals surface area contributed by atoms with Gasteiger partial charge in [-0.1, -0.05) is 0 Å². The smallest absolute Gasteiger partial charge is 0.147 e. The van der Waals surface area contributed by atoms with E-state index in [0.717, 1.165) is 32.2 Å². The molecule has 1 aliphatic heterocycles. The van der Waals surface area contributed by atoms with E-state index in [-0.39, 0.29) is 0 Å². The molecule has 5 nitrogen and oxygen atoms in total. The molecule has 0 bridgehead atoms. The van der Waals surface area contributed by atoms with E-state index in [1.54, 1.807) is 11.0 Å². The van der Waals surface area contributed by atoms with Gasteiger partial charge in [0.25, 0.3) is 0 Å². The van der Waals surface area contributed by atoms with Crippen LogP contribution in [0.15, 0.2) is 12.7 Å². The summed E-state index contributed by atoms with van der Waals surface area (Å²) in [4.78, 5) is 14.9. The van der Waals surface area contributed by atoms with E-state index in [4.69, 9.17) is 0 Å². The largest absolute Gasteiger partial charge is 0.317 e. The molecule has 0 aliphatic carbocycles. The summed E-state index contributed by atoms with van der Waals surface area (Å²) < 4.78 is 1.67. The molecule has 1 saturated heterocycles. The van der Waals surface area contributed by atoms with Crippen LogP contribution in [-0.4, -0.2) is 34.1 Å². The summed E-state index contributed by atoms with van der Waals surface area (Å²) in [6.45, 7) is 1.72. The SMILES string of the molecule is O=CC1(n2cncn2)CCNCC1. The molecule has 1 fully saturated rings. The fourth-order valence-corrected chi connectivity index (χ4v) is 1.70. The summed E-state index contributed by atoms with van der Waals surface area (Å²) in [5.41, 5.74) is -0.457. The highest BCUT2D eigenvalue weighted by Crippen LogP contribution is 2.23. The number of aldehydes is 1. The zero-order valence-electron chi connectivity index (χ0n) is 7.31. The van der Waals surface area contributed by atoms with E-state index in [0.29, 0.717) is 0 Å². The van der Waals surface area contributed by atoms with Gasteiger partial charge in [-0.2, -0.15) is 5.10 Å². The average molecular weight is 180 g/mol. The zero-order chi connectivity index (χ0) is 9.15. The van der Waals surface area contributed by atoms with E-state index >= 15 is 0 Å². The molecule has 0 atom stereocenters. The fraction of sp³-hybridized carbons (Fsp3) is 0.625. The van der Waals surface area contributed by atoms with Crippen LogP contribution in [-0.2, 0) is 10.3 Å². The maximum absolute atomic E-state index is 11.1. The van der Waals surface area contributed by atoms with Crippen LogP contribution in [0, 0.1) is 0 Å². The van der Waals surface area contributed by atoms with Gasteiger partial charge in [0.1, 0.15) is 24.5 Å². The van der Waals surface area contributed by atoms with E-state index in [1.807, 2.05) is 0 Å².